The molecule has 2 aliphatic rings. The van der Waals surface area contributed by atoms with Crippen LogP contribution < -0.4 is 10.6 Å². The number of carbonyl (C=O) groups is 2. The van der Waals surface area contributed by atoms with Crippen molar-refractivity contribution < 1.29 is 14.3 Å². The molecule has 2 aromatic heterocycles. The van der Waals surface area contributed by atoms with Gasteiger partial charge in [0.15, 0.2) is 0 Å². The highest BCUT2D eigenvalue weighted by Gasteiger charge is 2.31. The molecular formula is C25H29N5O3. The summed E-state index contributed by atoms with van der Waals surface area (Å²) in [6.45, 7) is 2.68. The Labute approximate surface area is 192 Å². The average molecular weight is 448 g/mol. The fourth-order valence-electron chi connectivity index (χ4n) is 4.67. The van der Waals surface area contributed by atoms with Gasteiger partial charge < -0.3 is 24.7 Å². The van der Waals surface area contributed by atoms with Crippen molar-refractivity contribution in [2.45, 2.75) is 44.2 Å². The van der Waals surface area contributed by atoms with Crippen LogP contribution >= 0.6 is 0 Å². The highest BCUT2D eigenvalue weighted by molar-refractivity contribution is 5.89. The number of hydrogen-bond acceptors (Lipinski definition) is 4. The normalized spacial score (nSPS) is 19.0. The van der Waals surface area contributed by atoms with Crippen LogP contribution in [0.2, 0.25) is 0 Å². The van der Waals surface area contributed by atoms with E-state index in [-0.39, 0.29) is 18.0 Å². The fourth-order valence-corrected chi connectivity index (χ4v) is 4.67. The number of nitrogens with one attached hydrogen (secondary N) is 2. The Morgan fingerprint density at radius 3 is 2.64 bits per heavy atom. The number of fused-ring (bicyclic) bond motifs is 1. The number of imidazole rings is 1. The maximum Gasteiger partial charge on any atom is 0.319 e. The van der Waals surface area contributed by atoms with Gasteiger partial charge in [-0.1, -0.05) is 12.1 Å². The van der Waals surface area contributed by atoms with E-state index in [9.17, 15) is 9.59 Å². The molecule has 0 bridgehead atoms. The minimum atomic E-state index is -0.244. The number of piperidine rings is 1. The molecule has 8 heteroatoms. The monoisotopic (exact) mass is 447 g/mol. The predicted molar refractivity (Wildman–Crippen MR) is 125 cm³/mol. The van der Waals surface area contributed by atoms with Crippen molar-refractivity contribution in [3.05, 3.63) is 66.1 Å². The summed E-state index contributed by atoms with van der Waals surface area (Å²) in [4.78, 5) is 31.1. The molecule has 2 fully saturated rings. The van der Waals surface area contributed by atoms with Crippen molar-refractivity contribution in [2.24, 2.45) is 0 Å². The molecule has 4 heterocycles. The number of anilines is 1. The second-order valence-corrected chi connectivity index (χ2v) is 8.76. The van der Waals surface area contributed by atoms with Crippen LogP contribution in [0, 0.1) is 0 Å². The molecule has 0 unspecified atom stereocenters. The number of carbonyl (C=O) groups excluding carboxylic acids is 2. The number of nitrogens with zero attached hydrogens (tertiary/aromatic N) is 3. The molecule has 3 amide bonds. The Bertz CT molecular complexity index is 1110. The van der Waals surface area contributed by atoms with Crippen LogP contribution in [0.4, 0.5) is 10.5 Å². The number of pyridine rings is 1. The van der Waals surface area contributed by atoms with E-state index in [2.05, 4.69) is 27.8 Å². The van der Waals surface area contributed by atoms with Gasteiger partial charge in [0.05, 0.1) is 0 Å². The molecule has 2 saturated heterocycles. The third kappa shape index (κ3) is 5.01. The van der Waals surface area contributed by atoms with Crippen LogP contribution in [-0.2, 0) is 16.1 Å². The summed E-state index contributed by atoms with van der Waals surface area (Å²) in [7, 11) is 0. The van der Waals surface area contributed by atoms with Crippen molar-refractivity contribution in [2.75, 3.05) is 25.0 Å². The van der Waals surface area contributed by atoms with Gasteiger partial charge in [-0.3, -0.25) is 4.79 Å². The maximum absolute atomic E-state index is 12.5. The van der Waals surface area contributed by atoms with E-state index in [4.69, 9.17) is 4.74 Å². The lowest BCUT2D eigenvalue weighted by Gasteiger charge is -2.33. The molecule has 3 aromatic rings. The second kappa shape index (κ2) is 9.62. The minimum absolute atomic E-state index is 0.154. The van der Waals surface area contributed by atoms with Crippen LogP contribution in [0.1, 0.15) is 42.7 Å². The van der Waals surface area contributed by atoms with Gasteiger partial charge in [-0.2, -0.15) is 0 Å². The molecule has 0 saturated carbocycles. The lowest BCUT2D eigenvalue weighted by Crippen LogP contribution is -2.43. The number of benzene rings is 1. The molecule has 0 radical (unpaired) electrons. The number of likely N-dealkylation sites (tertiary alicyclic amines) is 1. The third-order valence-corrected chi connectivity index (χ3v) is 6.57. The summed E-state index contributed by atoms with van der Waals surface area (Å²) in [6.07, 6.45) is 9.06. The van der Waals surface area contributed by atoms with E-state index in [1.165, 1.54) is 5.56 Å². The second-order valence-electron chi connectivity index (χ2n) is 8.76. The van der Waals surface area contributed by atoms with Crippen molar-refractivity contribution in [3.8, 4) is 0 Å². The van der Waals surface area contributed by atoms with Gasteiger partial charge in [-0.05, 0) is 67.0 Å². The standard InChI is InChI=1S/C25H29N5O3/c31-24(22-2-1-15-33-22)30-12-8-20(9-13-30)19-3-5-21(6-4-19)28-25(32)27-17-18-7-11-29-14-10-26-23(29)16-18/h3-7,10-11,14,16,20,22H,1-2,8-9,12-13,15,17H2,(H2,27,28,32)/t22-/m1/s1. The zero-order valence-electron chi connectivity index (χ0n) is 18.6. The Morgan fingerprint density at radius 2 is 1.88 bits per heavy atom. The van der Waals surface area contributed by atoms with Crippen LogP contribution in [0.5, 0.6) is 0 Å². The Hall–Kier alpha value is -3.39. The molecule has 5 rings (SSSR count). The average Bonchev–Trinajstić information content (AvgIpc) is 3.55. The SMILES string of the molecule is O=C(NCc1ccn2ccnc2c1)Nc1ccc(C2CCN(C(=O)[C@H]3CCCO3)CC2)cc1. The van der Waals surface area contributed by atoms with E-state index in [1.54, 1.807) is 6.20 Å². The summed E-state index contributed by atoms with van der Waals surface area (Å²) in [5.41, 5.74) is 3.85. The molecular weight excluding hydrogens is 418 g/mol. The van der Waals surface area contributed by atoms with E-state index < -0.39 is 0 Å². The van der Waals surface area contributed by atoms with Crippen molar-refractivity contribution >= 4 is 23.3 Å². The lowest BCUT2D eigenvalue weighted by atomic mass is 9.89. The van der Waals surface area contributed by atoms with Crippen LogP contribution in [0.25, 0.3) is 5.65 Å². The van der Waals surface area contributed by atoms with Gasteiger partial charge in [0.25, 0.3) is 5.91 Å². The number of hydrogen-bond donors (Lipinski definition) is 2. The molecule has 0 aliphatic carbocycles. The largest absolute Gasteiger partial charge is 0.368 e. The fraction of sp³-hybridized carbons (Fsp3) is 0.400. The predicted octanol–water partition coefficient (Wildman–Crippen LogP) is 3.54. The molecule has 1 atom stereocenters. The first-order valence-electron chi connectivity index (χ1n) is 11.6. The first kappa shape index (κ1) is 21.5. The van der Waals surface area contributed by atoms with Gasteiger partial charge in [0, 0.05) is 50.5 Å². The molecule has 2 N–H and O–H groups in total. The Morgan fingerprint density at radius 1 is 1.06 bits per heavy atom. The van der Waals surface area contributed by atoms with Crippen LogP contribution in [0.15, 0.2) is 55.0 Å². The van der Waals surface area contributed by atoms with Gasteiger partial charge in [-0.15, -0.1) is 0 Å². The number of rotatable bonds is 5. The molecule has 1 aromatic carbocycles. The molecule has 172 valence electrons. The molecule has 8 nitrogen and oxygen atoms in total. The number of ether oxygens (including phenoxy) is 1. The van der Waals surface area contributed by atoms with Crippen molar-refractivity contribution in [3.63, 3.8) is 0 Å². The van der Waals surface area contributed by atoms with Gasteiger partial charge >= 0.3 is 6.03 Å². The number of aromatic nitrogens is 2. The van der Waals surface area contributed by atoms with Crippen molar-refractivity contribution in [1.82, 2.24) is 19.6 Å². The van der Waals surface area contributed by atoms with Gasteiger partial charge in [-0.25, -0.2) is 9.78 Å². The van der Waals surface area contributed by atoms with E-state index in [1.807, 2.05) is 46.0 Å². The Balaban J connectivity index is 1.09. The lowest BCUT2D eigenvalue weighted by molar-refractivity contribution is -0.142. The number of amides is 3. The highest BCUT2D eigenvalue weighted by Crippen LogP contribution is 2.30. The summed E-state index contributed by atoms with van der Waals surface area (Å²) in [6, 6.07) is 11.7. The summed E-state index contributed by atoms with van der Waals surface area (Å²) >= 11 is 0. The first-order chi connectivity index (χ1) is 16.2. The van der Waals surface area contributed by atoms with E-state index in [0.29, 0.717) is 19.1 Å². The number of urea groups is 1. The zero-order chi connectivity index (χ0) is 22.6. The van der Waals surface area contributed by atoms with Gasteiger partial charge in [0.2, 0.25) is 0 Å². The molecule has 2 aliphatic heterocycles. The summed E-state index contributed by atoms with van der Waals surface area (Å²) in [5, 5.41) is 5.78. The van der Waals surface area contributed by atoms with Crippen molar-refractivity contribution in [1.29, 1.82) is 0 Å². The first-order valence-corrected chi connectivity index (χ1v) is 11.6. The van der Waals surface area contributed by atoms with E-state index in [0.717, 1.165) is 55.7 Å². The highest BCUT2D eigenvalue weighted by atomic mass is 16.5. The quantitative estimate of drug-likeness (QED) is 0.626. The Kier molecular flexibility index (Phi) is 6.26. The topological polar surface area (TPSA) is 88.0 Å². The zero-order valence-corrected chi connectivity index (χ0v) is 18.6. The molecule has 0 spiro atoms. The van der Waals surface area contributed by atoms with Crippen LogP contribution in [-0.4, -0.2) is 52.0 Å². The third-order valence-electron chi connectivity index (χ3n) is 6.57. The summed E-state index contributed by atoms with van der Waals surface area (Å²) < 4.78 is 7.47. The smallest absolute Gasteiger partial charge is 0.319 e. The van der Waals surface area contributed by atoms with Gasteiger partial charge in [0.1, 0.15) is 11.8 Å². The van der Waals surface area contributed by atoms with E-state index >= 15 is 0 Å². The maximum atomic E-state index is 12.5. The summed E-state index contributed by atoms with van der Waals surface area (Å²) in [5.74, 6) is 0.584. The minimum Gasteiger partial charge on any atom is -0.368 e. The van der Waals surface area contributed by atoms with Crippen LogP contribution in [0.3, 0.4) is 0 Å². The molecule has 33 heavy (non-hydrogen) atoms.